The summed E-state index contributed by atoms with van der Waals surface area (Å²) in [7, 11) is 0. The quantitative estimate of drug-likeness (QED) is 0.898. The maximum Gasteiger partial charge on any atom is 0.417 e. The Labute approximate surface area is 107 Å². The SMILES string of the molecule is Nc1cc(C(F)(F)F)cnc1NCc1ccncc1. The standard InChI is InChI=1S/C12H11F3N4/c13-12(14,15)9-5-10(16)11(19-7-9)18-6-8-1-3-17-4-2-8/h1-5,7H,6,16H2,(H,18,19). The molecule has 0 unspecified atom stereocenters. The van der Waals surface area contributed by atoms with Gasteiger partial charge in [-0.3, -0.25) is 4.98 Å². The third-order valence-corrected chi connectivity index (χ3v) is 2.45. The molecule has 19 heavy (non-hydrogen) atoms. The Hall–Kier alpha value is -2.31. The molecule has 2 rings (SSSR count). The second-order valence-corrected chi connectivity index (χ2v) is 3.87. The Kier molecular flexibility index (Phi) is 3.55. The first kappa shape index (κ1) is 13.1. The maximum absolute atomic E-state index is 12.4. The number of halogens is 3. The smallest absolute Gasteiger partial charge is 0.396 e. The fourth-order valence-electron chi connectivity index (χ4n) is 1.47. The van der Waals surface area contributed by atoms with E-state index >= 15 is 0 Å². The average molecular weight is 268 g/mol. The van der Waals surface area contributed by atoms with E-state index in [4.69, 9.17) is 5.73 Å². The molecule has 2 aromatic heterocycles. The average Bonchev–Trinajstić information content (AvgIpc) is 2.37. The summed E-state index contributed by atoms with van der Waals surface area (Å²) in [4.78, 5) is 7.55. The highest BCUT2D eigenvalue weighted by atomic mass is 19.4. The van der Waals surface area contributed by atoms with Crippen molar-refractivity contribution in [2.45, 2.75) is 12.7 Å². The monoisotopic (exact) mass is 268 g/mol. The summed E-state index contributed by atoms with van der Waals surface area (Å²) in [5, 5.41) is 2.88. The summed E-state index contributed by atoms with van der Waals surface area (Å²) in [6.45, 7) is 0.408. The molecule has 0 aliphatic heterocycles. The van der Waals surface area contributed by atoms with E-state index in [9.17, 15) is 13.2 Å². The summed E-state index contributed by atoms with van der Waals surface area (Å²) < 4.78 is 37.3. The Morgan fingerprint density at radius 1 is 1.21 bits per heavy atom. The molecule has 0 amide bonds. The van der Waals surface area contributed by atoms with E-state index < -0.39 is 11.7 Å². The highest BCUT2D eigenvalue weighted by Gasteiger charge is 2.31. The summed E-state index contributed by atoms with van der Waals surface area (Å²) in [5.41, 5.74) is 5.57. The predicted molar refractivity (Wildman–Crippen MR) is 65.2 cm³/mol. The van der Waals surface area contributed by atoms with Crippen molar-refractivity contribution in [1.82, 2.24) is 9.97 Å². The molecular formula is C12H11F3N4. The number of nitrogens with zero attached hydrogens (tertiary/aromatic N) is 2. The van der Waals surface area contributed by atoms with Crippen LogP contribution in [-0.4, -0.2) is 9.97 Å². The van der Waals surface area contributed by atoms with Gasteiger partial charge in [0, 0.05) is 25.1 Å². The van der Waals surface area contributed by atoms with E-state index in [0.29, 0.717) is 6.54 Å². The zero-order chi connectivity index (χ0) is 13.9. The summed E-state index contributed by atoms with van der Waals surface area (Å²) >= 11 is 0. The van der Waals surface area contributed by atoms with Gasteiger partial charge < -0.3 is 11.1 Å². The van der Waals surface area contributed by atoms with Crippen molar-refractivity contribution in [2.24, 2.45) is 0 Å². The van der Waals surface area contributed by atoms with Gasteiger partial charge in [-0.15, -0.1) is 0 Å². The summed E-state index contributed by atoms with van der Waals surface area (Å²) in [5.74, 6) is 0.227. The molecule has 100 valence electrons. The van der Waals surface area contributed by atoms with Crippen LogP contribution in [0.15, 0.2) is 36.8 Å². The number of alkyl halides is 3. The van der Waals surface area contributed by atoms with Crippen molar-refractivity contribution in [3.63, 3.8) is 0 Å². The number of anilines is 2. The number of nitrogens with two attached hydrogens (primary N) is 1. The van der Waals surface area contributed by atoms with Crippen molar-refractivity contribution >= 4 is 11.5 Å². The van der Waals surface area contributed by atoms with Crippen molar-refractivity contribution in [3.8, 4) is 0 Å². The fourth-order valence-corrected chi connectivity index (χ4v) is 1.47. The third-order valence-electron chi connectivity index (χ3n) is 2.45. The van der Waals surface area contributed by atoms with Gasteiger partial charge in [-0.25, -0.2) is 4.98 Å². The van der Waals surface area contributed by atoms with Crippen LogP contribution in [-0.2, 0) is 12.7 Å². The minimum atomic E-state index is -4.44. The highest BCUT2D eigenvalue weighted by molar-refractivity contribution is 5.62. The molecule has 0 fully saturated rings. The second kappa shape index (κ2) is 5.13. The highest BCUT2D eigenvalue weighted by Crippen LogP contribution is 2.31. The van der Waals surface area contributed by atoms with E-state index in [-0.39, 0.29) is 11.5 Å². The molecule has 0 saturated carbocycles. The topological polar surface area (TPSA) is 63.8 Å². The molecule has 2 aromatic rings. The first-order valence-electron chi connectivity index (χ1n) is 5.42. The first-order chi connectivity index (χ1) is 8.97. The summed E-state index contributed by atoms with van der Waals surface area (Å²) in [6.07, 6.45) is -0.433. The number of hydrogen-bond acceptors (Lipinski definition) is 4. The van der Waals surface area contributed by atoms with Crippen LogP contribution in [0.25, 0.3) is 0 Å². The minimum absolute atomic E-state index is 0.0381. The Morgan fingerprint density at radius 3 is 2.47 bits per heavy atom. The number of aromatic nitrogens is 2. The van der Waals surface area contributed by atoms with Gasteiger partial charge in [0.25, 0.3) is 0 Å². The molecule has 0 radical (unpaired) electrons. The van der Waals surface area contributed by atoms with Crippen molar-refractivity contribution < 1.29 is 13.2 Å². The molecule has 0 atom stereocenters. The van der Waals surface area contributed by atoms with Gasteiger partial charge in [0.1, 0.15) is 5.82 Å². The van der Waals surface area contributed by atoms with Crippen LogP contribution in [0.5, 0.6) is 0 Å². The number of nitrogen functional groups attached to an aromatic ring is 1. The lowest BCUT2D eigenvalue weighted by Gasteiger charge is -2.11. The molecule has 4 nitrogen and oxygen atoms in total. The van der Waals surface area contributed by atoms with Gasteiger partial charge in [0.2, 0.25) is 0 Å². The first-order valence-corrected chi connectivity index (χ1v) is 5.42. The fraction of sp³-hybridized carbons (Fsp3) is 0.167. The maximum atomic E-state index is 12.4. The molecule has 0 aliphatic carbocycles. The van der Waals surface area contributed by atoms with Crippen LogP contribution < -0.4 is 11.1 Å². The Morgan fingerprint density at radius 2 is 1.89 bits per heavy atom. The molecule has 0 spiro atoms. The molecule has 0 bridgehead atoms. The minimum Gasteiger partial charge on any atom is -0.396 e. The third kappa shape index (κ3) is 3.34. The van der Waals surface area contributed by atoms with E-state index in [1.165, 1.54) is 0 Å². The van der Waals surface area contributed by atoms with Crippen LogP contribution in [0.3, 0.4) is 0 Å². The van der Waals surface area contributed by atoms with Crippen LogP contribution in [0, 0.1) is 0 Å². The van der Waals surface area contributed by atoms with Gasteiger partial charge in [-0.05, 0) is 23.8 Å². The van der Waals surface area contributed by atoms with Crippen LogP contribution >= 0.6 is 0 Å². The molecule has 0 saturated heterocycles. The lowest BCUT2D eigenvalue weighted by atomic mass is 10.2. The van der Waals surface area contributed by atoms with E-state index in [2.05, 4.69) is 15.3 Å². The Balaban J connectivity index is 2.10. The van der Waals surface area contributed by atoms with Gasteiger partial charge in [0.15, 0.2) is 0 Å². The normalized spacial score (nSPS) is 11.3. The van der Waals surface area contributed by atoms with Crippen molar-refractivity contribution in [2.75, 3.05) is 11.1 Å². The zero-order valence-corrected chi connectivity index (χ0v) is 9.78. The number of nitrogens with one attached hydrogen (secondary N) is 1. The van der Waals surface area contributed by atoms with Crippen LogP contribution in [0.4, 0.5) is 24.7 Å². The molecular weight excluding hydrogens is 257 g/mol. The van der Waals surface area contributed by atoms with Gasteiger partial charge in [0.05, 0.1) is 11.3 Å². The Bertz CT molecular complexity index is 555. The number of hydrogen-bond donors (Lipinski definition) is 2. The van der Waals surface area contributed by atoms with E-state index in [1.807, 2.05) is 0 Å². The lowest BCUT2D eigenvalue weighted by Crippen LogP contribution is -2.10. The van der Waals surface area contributed by atoms with E-state index in [0.717, 1.165) is 17.8 Å². The second-order valence-electron chi connectivity index (χ2n) is 3.87. The van der Waals surface area contributed by atoms with Gasteiger partial charge >= 0.3 is 6.18 Å². The summed E-state index contributed by atoms with van der Waals surface area (Å²) in [6, 6.07) is 4.43. The number of rotatable bonds is 3. The predicted octanol–water partition coefficient (Wildman–Crippen LogP) is 2.69. The van der Waals surface area contributed by atoms with Crippen LogP contribution in [0.2, 0.25) is 0 Å². The molecule has 3 N–H and O–H groups in total. The van der Waals surface area contributed by atoms with E-state index in [1.54, 1.807) is 24.5 Å². The van der Waals surface area contributed by atoms with Crippen molar-refractivity contribution in [1.29, 1.82) is 0 Å². The molecule has 0 aromatic carbocycles. The largest absolute Gasteiger partial charge is 0.417 e. The van der Waals surface area contributed by atoms with Crippen LogP contribution in [0.1, 0.15) is 11.1 Å². The van der Waals surface area contributed by atoms with Gasteiger partial charge in [-0.1, -0.05) is 0 Å². The van der Waals surface area contributed by atoms with Crippen molar-refractivity contribution in [3.05, 3.63) is 47.9 Å². The molecule has 2 heterocycles. The molecule has 0 aliphatic rings. The number of pyridine rings is 2. The van der Waals surface area contributed by atoms with Gasteiger partial charge in [-0.2, -0.15) is 13.2 Å². The zero-order valence-electron chi connectivity index (χ0n) is 9.78. The lowest BCUT2D eigenvalue weighted by molar-refractivity contribution is -0.137. The molecule has 7 heteroatoms.